The van der Waals surface area contributed by atoms with Gasteiger partial charge >= 0.3 is 5.97 Å². The third-order valence-corrected chi connectivity index (χ3v) is 8.99. The summed E-state index contributed by atoms with van der Waals surface area (Å²) in [4.78, 5) is 25.3. The summed E-state index contributed by atoms with van der Waals surface area (Å²) in [6.45, 7) is 14.7. The minimum atomic E-state index is -1.71. The van der Waals surface area contributed by atoms with Crippen LogP contribution in [0.25, 0.3) is 0 Å². The van der Waals surface area contributed by atoms with Crippen LogP contribution in [0.1, 0.15) is 60.3 Å². The molecule has 0 aromatic rings. The van der Waals surface area contributed by atoms with Crippen molar-refractivity contribution in [1.29, 1.82) is 0 Å². The Balaban J connectivity index is 1.79. The molecule has 166 valence electrons. The Bertz CT molecular complexity index is 812. The average molecular weight is 417 g/mol. The van der Waals surface area contributed by atoms with Crippen LogP contribution in [0.3, 0.4) is 0 Å². The van der Waals surface area contributed by atoms with E-state index in [0.717, 1.165) is 12.8 Å². The van der Waals surface area contributed by atoms with Crippen LogP contribution in [0.5, 0.6) is 0 Å². The molecule has 3 fully saturated rings. The van der Waals surface area contributed by atoms with Crippen LogP contribution in [-0.4, -0.2) is 39.8 Å². The van der Waals surface area contributed by atoms with Gasteiger partial charge in [-0.25, -0.2) is 4.79 Å². The lowest BCUT2D eigenvalue weighted by Crippen LogP contribution is -2.63. The molecule has 9 atom stereocenters. The number of Topliss-reactive ketones (excluding diaryl/α,β-unsaturated/α-hetero) is 1. The molecule has 0 aromatic carbocycles. The standard InChI is InChI=1S/C25H36O5/c1-12(2)21-19-9-16-14(4)25(29)18(15(5)30-23(28)22(25)27)8-7-13(3)17(16)10-24(19,6)11-20(21)26/h7,12,15-19,21-22,27,29H,4,8-11H2,1-3,5-6H3/b13-7-. The van der Waals surface area contributed by atoms with Gasteiger partial charge in [0.2, 0.25) is 0 Å². The number of esters is 1. The summed E-state index contributed by atoms with van der Waals surface area (Å²) < 4.78 is 5.33. The van der Waals surface area contributed by atoms with E-state index in [2.05, 4.69) is 40.3 Å². The molecule has 1 aliphatic heterocycles. The van der Waals surface area contributed by atoms with Crippen LogP contribution in [0.2, 0.25) is 0 Å². The number of ketones is 1. The van der Waals surface area contributed by atoms with Gasteiger partial charge in [-0.2, -0.15) is 0 Å². The first-order valence-corrected chi connectivity index (χ1v) is 11.4. The third kappa shape index (κ3) is 2.88. The number of hydrogen-bond donors (Lipinski definition) is 2. The van der Waals surface area contributed by atoms with E-state index < -0.39 is 29.7 Å². The number of cyclic esters (lactones) is 1. The molecular weight excluding hydrogens is 380 g/mol. The zero-order valence-electron chi connectivity index (χ0n) is 18.9. The van der Waals surface area contributed by atoms with Crippen molar-refractivity contribution in [1.82, 2.24) is 0 Å². The fraction of sp³-hybridized carbons (Fsp3) is 0.760. The van der Waals surface area contributed by atoms with Crippen LogP contribution >= 0.6 is 0 Å². The highest BCUT2D eigenvalue weighted by molar-refractivity contribution is 5.85. The monoisotopic (exact) mass is 416 g/mol. The number of carbonyl (C=O) groups excluding carboxylic acids is 2. The lowest BCUT2D eigenvalue weighted by molar-refractivity contribution is -0.209. The van der Waals surface area contributed by atoms with Crippen molar-refractivity contribution in [3.05, 3.63) is 23.8 Å². The Hall–Kier alpha value is -1.46. The topological polar surface area (TPSA) is 83.8 Å². The highest BCUT2D eigenvalue weighted by Crippen LogP contribution is 2.62. The summed E-state index contributed by atoms with van der Waals surface area (Å²) in [5.41, 5.74) is 0.0338. The average Bonchev–Trinajstić information content (AvgIpc) is 2.92. The van der Waals surface area contributed by atoms with Crippen molar-refractivity contribution in [2.24, 2.45) is 40.9 Å². The number of rotatable bonds is 1. The number of aliphatic hydroxyl groups excluding tert-OH is 1. The van der Waals surface area contributed by atoms with E-state index in [-0.39, 0.29) is 35.0 Å². The predicted octanol–water partition coefficient (Wildman–Crippen LogP) is 3.44. The summed E-state index contributed by atoms with van der Waals surface area (Å²) in [5, 5.41) is 22.5. The summed E-state index contributed by atoms with van der Waals surface area (Å²) in [6.07, 6.45) is 2.77. The van der Waals surface area contributed by atoms with E-state index in [4.69, 9.17) is 4.74 Å². The molecular formula is C25H36O5. The second kappa shape index (κ2) is 7.03. The summed E-state index contributed by atoms with van der Waals surface area (Å²) in [5.74, 6) is -0.276. The molecule has 0 bridgehead atoms. The largest absolute Gasteiger partial charge is 0.460 e. The molecule has 4 aliphatic rings. The normalized spacial score (nSPS) is 50.6. The van der Waals surface area contributed by atoms with E-state index in [1.807, 2.05) is 0 Å². The molecule has 0 radical (unpaired) electrons. The maximum Gasteiger partial charge on any atom is 0.338 e. The molecule has 30 heavy (non-hydrogen) atoms. The smallest absolute Gasteiger partial charge is 0.338 e. The van der Waals surface area contributed by atoms with E-state index in [0.29, 0.717) is 24.2 Å². The van der Waals surface area contributed by atoms with Crippen molar-refractivity contribution in [2.45, 2.75) is 78.1 Å². The number of hydrogen-bond acceptors (Lipinski definition) is 5. The van der Waals surface area contributed by atoms with Gasteiger partial charge in [-0.3, -0.25) is 4.79 Å². The van der Waals surface area contributed by atoms with Gasteiger partial charge in [-0.05, 0) is 67.8 Å². The van der Waals surface area contributed by atoms with Gasteiger partial charge in [0.1, 0.15) is 17.5 Å². The molecule has 2 saturated carbocycles. The molecule has 2 N–H and O–H groups in total. The van der Waals surface area contributed by atoms with E-state index >= 15 is 0 Å². The number of aliphatic hydroxyl groups is 2. The number of fused-ring (bicyclic) bond motifs is 3. The highest BCUT2D eigenvalue weighted by atomic mass is 16.6. The van der Waals surface area contributed by atoms with Crippen molar-refractivity contribution in [3.63, 3.8) is 0 Å². The van der Waals surface area contributed by atoms with Gasteiger partial charge in [0.15, 0.2) is 6.10 Å². The quantitative estimate of drug-likeness (QED) is 0.505. The summed E-state index contributed by atoms with van der Waals surface area (Å²) in [6, 6.07) is 0. The Kier molecular flexibility index (Phi) is 5.10. The zero-order valence-corrected chi connectivity index (χ0v) is 18.9. The molecule has 0 aromatic heterocycles. The molecule has 9 unspecified atom stereocenters. The molecule has 1 heterocycles. The first kappa shape index (κ1) is 21.8. The summed E-state index contributed by atoms with van der Waals surface area (Å²) >= 11 is 0. The van der Waals surface area contributed by atoms with Crippen molar-refractivity contribution in [3.8, 4) is 0 Å². The molecule has 1 saturated heterocycles. The predicted molar refractivity (Wildman–Crippen MR) is 113 cm³/mol. The van der Waals surface area contributed by atoms with Crippen molar-refractivity contribution in [2.75, 3.05) is 0 Å². The second-order valence-corrected chi connectivity index (χ2v) is 11.0. The minimum absolute atomic E-state index is 0.0177. The fourth-order valence-electron chi connectivity index (χ4n) is 7.36. The van der Waals surface area contributed by atoms with Crippen LogP contribution < -0.4 is 0 Å². The first-order valence-electron chi connectivity index (χ1n) is 11.4. The Morgan fingerprint density at radius 2 is 1.90 bits per heavy atom. The van der Waals surface area contributed by atoms with Gasteiger partial charge < -0.3 is 14.9 Å². The lowest BCUT2D eigenvalue weighted by atomic mass is 9.53. The van der Waals surface area contributed by atoms with E-state index in [9.17, 15) is 19.8 Å². The van der Waals surface area contributed by atoms with Crippen molar-refractivity contribution >= 4 is 11.8 Å². The van der Waals surface area contributed by atoms with Gasteiger partial charge in [-0.1, -0.05) is 39.0 Å². The van der Waals surface area contributed by atoms with Crippen LogP contribution in [0, 0.1) is 40.9 Å². The van der Waals surface area contributed by atoms with E-state index in [1.165, 1.54) is 5.57 Å². The van der Waals surface area contributed by atoms with E-state index in [1.54, 1.807) is 6.92 Å². The molecule has 5 heteroatoms. The molecule has 5 nitrogen and oxygen atoms in total. The second-order valence-electron chi connectivity index (χ2n) is 11.0. The van der Waals surface area contributed by atoms with Gasteiger partial charge in [-0.15, -0.1) is 0 Å². The van der Waals surface area contributed by atoms with Gasteiger partial charge in [0, 0.05) is 18.3 Å². The van der Waals surface area contributed by atoms with Crippen molar-refractivity contribution < 1.29 is 24.5 Å². The molecule has 0 spiro atoms. The van der Waals surface area contributed by atoms with Crippen LogP contribution in [0.15, 0.2) is 23.8 Å². The maximum atomic E-state index is 12.9. The Labute approximate surface area is 179 Å². The maximum absolute atomic E-state index is 12.9. The molecule has 3 aliphatic carbocycles. The van der Waals surface area contributed by atoms with Crippen LogP contribution in [-0.2, 0) is 14.3 Å². The molecule has 4 rings (SSSR count). The summed E-state index contributed by atoms with van der Waals surface area (Å²) in [7, 11) is 0. The zero-order chi connectivity index (χ0) is 22.2. The Morgan fingerprint density at radius 1 is 1.23 bits per heavy atom. The lowest BCUT2D eigenvalue weighted by Gasteiger charge is -2.54. The minimum Gasteiger partial charge on any atom is -0.460 e. The number of allylic oxidation sites excluding steroid dienone is 2. The van der Waals surface area contributed by atoms with Gasteiger partial charge in [0.05, 0.1) is 0 Å². The first-order chi connectivity index (χ1) is 13.9. The van der Waals surface area contributed by atoms with Gasteiger partial charge in [0.25, 0.3) is 0 Å². The fourth-order valence-corrected chi connectivity index (χ4v) is 7.36. The SMILES string of the molecule is C=C1C2CC3C(C(C)C)C(=O)CC3(C)CC2/C(C)=C\CC2C(C)OC(=O)C(O)C12O. The highest BCUT2D eigenvalue weighted by Gasteiger charge is 2.62. The molecule has 0 amide bonds. The Morgan fingerprint density at radius 3 is 2.53 bits per heavy atom. The third-order valence-electron chi connectivity index (χ3n) is 8.99. The number of ether oxygens (including phenoxy) is 1. The number of carbonyl (C=O) groups is 2. The van der Waals surface area contributed by atoms with Crippen LogP contribution in [0.4, 0.5) is 0 Å².